The highest BCUT2D eigenvalue weighted by Crippen LogP contribution is 2.20. The number of nitrogens with one attached hydrogen (secondary N) is 4. The summed E-state index contributed by atoms with van der Waals surface area (Å²) in [5.41, 5.74) is 3.89. The molecule has 35 heavy (non-hydrogen) atoms. The quantitative estimate of drug-likeness (QED) is 0.274. The van der Waals surface area contributed by atoms with Gasteiger partial charge in [0.1, 0.15) is 11.6 Å². The van der Waals surface area contributed by atoms with E-state index in [1.165, 1.54) is 48.5 Å². The highest BCUT2D eigenvalue weighted by Gasteiger charge is 2.11. The molecule has 0 fully saturated rings. The minimum atomic E-state index is -0.373. The lowest BCUT2D eigenvalue weighted by Crippen LogP contribution is -2.23. The second-order valence-corrected chi connectivity index (χ2v) is 7.79. The van der Waals surface area contributed by atoms with Crippen LogP contribution in [0.5, 0.6) is 0 Å². The van der Waals surface area contributed by atoms with E-state index >= 15 is 0 Å². The van der Waals surface area contributed by atoms with Crippen LogP contribution < -0.4 is 21.3 Å². The van der Waals surface area contributed by atoms with Crippen LogP contribution in [0.3, 0.4) is 0 Å². The van der Waals surface area contributed by atoms with Gasteiger partial charge in [-0.25, -0.2) is 8.78 Å². The van der Waals surface area contributed by atoms with Crippen molar-refractivity contribution in [3.05, 3.63) is 89.5 Å². The number of halogens is 2. The van der Waals surface area contributed by atoms with Gasteiger partial charge in [0.2, 0.25) is 23.8 Å². The predicted molar refractivity (Wildman–Crippen MR) is 132 cm³/mol. The Balaban J connectivity index is 1.51. The second kappa shape index (κ2) is 10.6. The van der Waals surface area contributed by atoms with Gasteiger partial charge < -0.3 is 21.3 Å². The Morgan fingerprint density at radius 1 is 0.743 bits per heavy atom. The van der Waals surface area contributed by atoms with Crippen molar-refractivity contribution in [1.82, 2.24) is 15.0 Å². The second-order valence-electron chi connectivity index (χ2n) is 7.79. The van der Waals surface area contributed by atoms with Gasteiger partial charge >= 0.3 is 0 Å². The summed E-state index contributed by atoms with van der Waals surface area (Å²) in [5, 5.41) is 11.7. The smallest absolute Gasteiger partial charge is 0.243 e. The maximum Gasteiger partial charge on any atom is 0.243 e. The maximum atomic E-state index is 13.2. The van der Waals surface area contributed by atoms with Crippen LogP contribution in [0.1, 0.15) is 11.1 Å². The normalized spacial score (nSPS) is 10.5. The summed E-state index contributed by atoms with van der Waals surface area (Å²) in [6, 6.07) is 17.1. The number of carbonyl (C=O) groups excluding carboxylic acids is 1. The van der Waals surface area contributed by atoms with Crippen molar-refractivity contribution in [3.8, 4) is 0 Å². The summed E-state index contributed by atoms with van der Waals surface area (Å²) in [5.74, 6) is -0.574. The molecule has 0 aliphatic carbocycles. The average Bonchev–Trinajstić information content (AvgIpc) is 2.82. The minimum Gasteiger partial charge on any atom is -0.345 e. The fourth-order valence-corrected chi connectivity index (χ4v) is 3.20. The summed E-state index contributed by atoms with van der Waals surface area (Å²) in [6.07, 6.45) is 0. The number of nitrogens with zero attached hydrogens (tertiary/aromatic N) is 3. The van der Waals surface area contributed by atoms with E-state index in [4.69, 9.17) is 0 Å². The molecule has 4 aromatic rings. The molecule has 1 aromatic heterocycles. The molecule has 8 nitrogen and oxygen atoms in total. The van der Waals surface area contributed by atoms with Crippen molar-refractivity contribution in [2.75, 3.05) is 27.8 Å². The summed E-state index contributed by atoms with van der Waals surface area (Å²) in [6.45, 7) is 3.81. The van der Waals surface area contributed by atoms with Crippen LogP contribution in [0.2, 0.25) is 0 Å². The summed E-state index contributed by atoms with van der Waals surface area (Å²) < 4.78 is 26.5. The molecule has 0 saturated heterocycles. The molecule has 0 radical (unpaired) electrons. The highest BCUT2D eigenvalue weighted by atomic mass is 19.1. The molecular weight excluding hydrogens is 452 g/mol. The number of aromatic nitrogens is 3. The Labute approximate surface area is 200 Å². The summed E-state index contributed by atoms with van der Waals surface area (Å²) in [7, 11) is 0. The molecule has 0 aliphatic heterocycles. The first-order chi connectivity index (χ1) is 16.8. The first-order valence-electron chi connectivity index (χ1n) is 10.8. The van der Waals surface area contributed by atoms with Crippen LogP contribution in [-0.4, -0.2) is 27.4 Å². The Hall–Kier alpha value is -4.60. The number of rotatable bonds is 8. The monoisotopic (exact) mass is 475 g/mol. The van der Waals surface area contributed by atoms with E-state index in [-0.39, 0.29) is 41.9 Å². The molecule has 0 bridgehead atoms. The number of carbonyl (C=O) groups is 1. The van der Waals surface area contributed by atoms with Crippen LogP contribution in [0.4, 0.5) is 43.7 Å². The Bertz CT molecular complexity index is 1260. The van der Waals surface area contributed by atoms with Crippen LogP contribution in [0, 0.1) is 25.5 Å². The molecule has 0 atom stereocenters. The van der Waals surface area contributed by atoms with Crippen LogP contribution in [-0.2, 0) is 4.79 Å². The zero-order valence-corrected chi connectivity index (χ0v) is 19.1. The fraction of sp³-hybridized carbons (Fsp3) is 0.120. The Morgan fingerprint density at radius 3 is 1.77 bits per heavy atom. The maximum absolute atomic E-state index is 13.2. The van der Waals surface area contributed by atoms with Gasteiger partial charge in [-0.05, 0) is 74.0 Å². The van der Waals surface area contributed by atoms with E-state index in [1.807, 2.05) is 32.0 Å². The van der Waals surface area contributed by atoms with Crippen LogP contribution >= 0.6 is 0 Å². The molecule has 0 unspecified atom stereocenters. The van der Waals surface area contributed by atoms with Gasteiger partial charge in [0.15, 0.2) is 0 Å². The lowest BCUT2D eigenvalue weighted by Gasteiger charge is -2.12. The third-order valence-electron chi connectivity index (χ3n) is 4.90. The third-order valence-corrected chi connectivity index (χ3v) is 4.90. The van der Waals surface area contributed by atoms with Crippen molar-refractivity contribution in [2.24, 2.45) is 0 Å². The zero-order valence-electron chi connectivity index (χ0n) is 19.1. The van der Waals surface area contributed by atoms with Crippen LogP contribution in [0.15, 0.2) is 66.7 Å². The molecule has 0 saturated carbocycles. The van der Waals surface area contributed by atoms with E-state index < -0.39 is 0 Å². The SMILES string of the molecule is Cc1ccc(NC(=O)CNc2nc(Nc3ccc(F)cc3)nc(Nc3ccc(F)cc3)n2)c(C)c1. The lowest BCUT2D eigenvalue weighted by atomic mass is 10.1. The molecule has 1 amide bonds. The summed E-state index contributed by atoms with van der Waals surface area (Å²) in [4.78, 5) is 25.4. The Morgan fingerprint density at radius 2 is 1.26 bits per heavy atom. The molecule has 0 aliphatic rings. The molecule has 0 spiro atoms. The van der Waals surface area contributed by atoms with Gasteiger partial charge in [0.25, 0.3) is 0 Å². The van der Waals surface area contributed by atoms with E-state index in [9.17, 15) is 13.6 Å². The first-order valence-corrected chi connectivity index (χ1v) is 10.8. The highest BCUT2D eigenvalue weighted by molar-refractivity contribution is 5.94. The Kier molecular flexibility index (Phi) is 7.10. The number of aryl methyl sites for hydroxylation is 2. The van der Waals surface area contributed by atoms with Crippen molar-refractivity contribution >= 4 is 40.8 Å². The molecule has 4 N–H and O–H groups in total. The van der Waals surface area contributed by atoms with Crippen LogP contribution in [0.25, 0.3) is 0 Å². The van der Waals surface area contributed by atoms with E-state index in [1.54, 1.807) is 0 Å². The van der Waals surface area contributed by atoms with Crippen molar-refractivity contribution < 1.29 is 13.6 Å². The molecule has 1 heterocycles. The molecule has 10 heteroatoms. The number of hydrogen-bond acceptors (Lipinski definition) is 7. The van der Waals surface area contributed by atoms with E-state index in [0.29, 0.717) is 11.4 Å². The number of anilines is 6. The molecule has 178 valence electrons. The average molecular weight is 476 g/mol. The molecule has 3 aromatic carbocycles. The van der Waals surface area contributed by atoms with Gasteiger partial charge in [0, 0.05) is 17.1 Å². The van der Waals surface area contributed by atoms with E-state index in [2.05, 4.69) is 36.2 Å². The third kappa shape index (κ3) is 6.70. The van der Waals surface area contributed by atoms with Gasteiger partial charge in [-0.1, -0.05) is 17.7 Å². The molecular formula is C25H23F2N7O. The fourth-order valence-electron chi connectivity index (χ4n) is 3.20. The van der Waals surface area contributed by atoms with Gasteiger partial charge in [0.05, 0.1) is 6.54 Å². The predicted octanol–water partition coefficient (Wildman–Crippen LogP) is 5.30. The number of hydrogen-bond donors (Lipinski definition) is 4. The topological polar surface area (TPSA) is 104 Å². The van der Waals surface area contributed by atoms with E-state index in [0.717, 1.165) is 16.8 Å². The van der Waals surface area contributed by atoms with Gasteiger partial charge in [-0.3, -0.25) is 4.79 Å². The minimum absolute atomic E-state index is 0.0939. The largest absolute Gasteiger partial charge is 0.345 e. The van der Waals surface area contributed by atoms with Gasteiger partial charge in [-0.15, -0.1) is 0 Å². The van der Waals surface area contributed by atoms with Crippen molar-refractivity contribution in [2.45, 2.75) is 13.8 Å². The lowest BCUT2D eigenvalue weighted by molar-refractivity contribution is -0.114. The number of benzene rings is 3. The van der Waals surface area contributed by atoms with Crippen molar-refractivity contribution in [3.63, 3.8) is 0 Å². The molecule has 4 rings (SSSR count). The summed E-state index contributed by atoms with van der Waals surface area (Å²) >= 11 is 0. The zero-order chi connectivity index (χ0) is 24.8. The standard InChI is InChI=1S/C25H23F2N7O/c1-15-3-12-21(16(2)13-15)31-22(35)14-28-23-32-24(29-19-8-4-17(26)5-9-19)34-25(33-23)30-20-10-6-18(27)7-11-20/h3-13H,14H2,1-2H3,(H,31,35)(H3,28,29,30,32,33,34). The number of amides is 1. The van der Waals surface area contributed by atoms with Gasteiger partial charge in [-0.2, -0.15) is 15.0 Å². The first kappa shape index (κ1) is 23.6. The van der Waals surface area contributed by atoms with Crippen molar-refractivity contribution in [1.29, 1.82) is 0 Å².